The van der Waals surface area contributed by atoms with E-state index in [1.165, 1.54) is 18.2 Å². The molecule has 1 heterocycles. The molecule has 11 heteroatoms. The van der Waals surface area contributed by atoms with E-state index < -0.39 is 12.1 Å². The molecular formula is C28H29F3N6O2. The van der Waals surface area contributed by atoms with Gasteiger partial charge in [0.25, 0.3) is 0 Å². The third-order valence-corrected chi connectivity index (χ3v) is 5.43. The summed E-state index contributed by atoms with van der Waals surface area (Å²) < 4.78 is 44.0. The minimum absolute atomic E-state index is 0.0200. The molecule has 0 aliphatic rings. The Morgan fingerprint density at radius 2 is 1.87 bits per heavy atom. The molecule has 1 aromatic heterocycles. The van der Waals surface area contributed by atoms with E-state index in [9.17, 15) is 18.0 Å². The SMILES string of the molecule is C=C/C(C)=C(/C(=NC)c1cccc(NC(=O)C(F)(F)F)c1)c1ccnc(Nc2cccc(OCCNC)c2)n1. The van der Waals surface area contributed by atoms with Gasteiger partial charge in [-0.3, -0.25) is 9.79 Å². The molecule has 0 fully saturated rings. The number of carbonyl (C=O) groups excluding carboxylic acids is 1. The van der Waals surface area contributed by atoms with Gasteiger partial charge in [-0.15, -0.1) is 0 Å². The van der Waals surface area contributed by atoms with Gasteiger partial charge in [-0.05, 0) is 49.9 Å². The minimum Gasteiger partial charge on any atom is -0.492 e. The highest BCUT2D eigenvalue weighted by Crippen LogP contribution is 2.27. The highest BCUT2D eigenvalue weighted by molar-refractivity contribution is 6.32. The summed E-state index contributed by atoms with van der Waals surface area (Å²) in [6, 6.07) is 15.1. The average Bonchev–Trinajstić information content (AvgIpc) is 2.91. The van der Waals surface area contributed by atoms with Crippen molar-refractivity contribution < 1.29 is 22.7 Å². The molecule has 0 aliphatic carbocycles. The number of carbonyl (C=O) groups is 1. The van der Waals surface area contributed by atoms with Crippen LogP contribution in [0.5, 0.6) is 5.75 Å². The fourth-order valence-corrected chi connectivity index (χ4v) is 3.57. The van der Waals surface area contributed by atoms with Crippen LogP contribution >= 0.6 is 0 Å². The van der Waals surface area contributed by atoms with E-state index in [1.807, 2.05) is 43.6 Å². The van der Waals surface area contributed by atoms with Gasteiger partial charge in [-0.25, -0.2) is 9.97 Å². The number of rotatable bonds is 11. The molecule has 3 aromatic rings. The average molecular weight is 539 g/mol. The van der Waals surface area contributed by atoms with Crippen LogP contribution in [0, 0.1) is 0 Å². The molecular weight excluding hydrogens is 509 g/mol. The summed E-state index contributed by atoms with van der Waals surface area (Å²) in [5.41, 5.74) is 3.46. The maximum absolute atomic E-state index is 12.8. The Balaban J connectivity index is 1.93. The molecule has 0 atom stereocenters. The van der Waals surface area contributed by atoms with Gasteiger partial charge in [0, 0.05) is 48.4 Å². The highest BCUT2D eigenvalue weighted by Gasteiger charge is 2.38. The third kappa shape index (κ3) is 7.99. The zero-order valence-electron chi connectivity index (χ0n) is 21.8. The predicted octanol–water partition coefficient (Wildman–Crippen LogP) is 5.40. The summed E-state index contributed by atoms with van der Waals surface area (Å²) in [4.78, 5) is 24.8. The summed E-state index contributed by atoms with van der Waals surface area (Å²) in [5.74, 6) is -1.06. The van der Waals surface area contributed by atoms with Crippen molar-refractivity contribution in [2.24, 2.45) is 4.99 Å². The zero-order valence-corrected chi connectivity index (χ0v) is 21.8. The lowest BCUT2D eigenvalue weighted by molar-refractivity contribution is -0.167. The Morgan fingerprint density at radius 3 is 2.56 bits per heavy atom. The van der Waals surface area contributed by atoms with Crippen LogP contribution in [0.25, 0.3) is 5.57 Å². The van der Waals surface area contributed by atoms with Gasteiger partial charge >= 0.3 is 12.1 Å². The van der Waals surface area contributed by atoms with Gasteiger partial charge in [0.05, 0.1) is 11.4 Å². The van der Waals surface area contributed by atoms with Crippen molar-refractivity contribution in [2.45, 2.75) is 13.1 Å². The van der Waals surface area contributed by atoms with Crippen molar-refractivity contribution in [3.63, 3.8) is 0 Å². The molecule has 0 spiro atoms. The standard InChI is InChI=1S/C28H29F3N6O2/c1-5-18(2)24(25(33-4)19-8-6-9-20(16-19)35-26(38)28(29,30)31)23-12-13-34-27(37-23)36-21-10-7-11-22(17-21)39-15-14-32-3/h5-13,16-17,32H,1,14-15H2,2-4H3,(H,35,38)(H,34,36,37)/b24-18+,33-25?. The van der Waals surface area contributed by atoms with Crippen molar-refractivity contribution in [1.82, 2.24) is 15.3 Å². The van der Waals surface area contributed by atoms with Crippen LogP contribution in [0.1, 0.15) is 18.2 Å². The summed E-state index contributed by atoms with van der Waals surface area (Å²) in [7, 11) is 3.41. The van der Waals surface area contributed by atoms with Crippen molar-refractivity contribution in [2.75, 3.05) is 37.9 Å². The Labute approximate surface area is 224 Å². The van der Waals surface area contributed by atoms with Crippen LogP contribution in [0.15, 0.2) is 84.0 Å². The Morgan fingerprint density at radius 1 is 1.13 bits per heavy atom. The number of aliphatic imine (C=N–C) groups is 1. The van der Waals surface area contributed by atoms with Crippen LogP contribution in [0.3, 0.4) is 0 Å². The first-order chi connectivity index (χ1) is 18.7. The highest BCUT2D eigenvalue weighted by atomic mass is 19.4. The second kappa shape index (κ2) is 13.3. The van der Waals surface area contributed by atoms with Gasteiger partial charge in [-0.2, -0.15) is 13.2 Å². The van der Waals surface area contributed by atoms with E-state index in [0.29, 0.717) is 47.4 Å². The maximum Gasteiger partial charge on any atom is 0.471 e. The fraction of sp³-hybridized carbons (Fsp3) is 0.214. The molecule has 2 aromatic carbocycles. The molecule has 0 radical (unpaired) electrons. The largest absolute Gasteiger partial charge is 0.492 e. The zero-order chi connectivity index (χ0) is 28.4. The van der Waals surface area contributed by atoms with Crippen molar-refractivity contribution in [3.8, 4) is 5.75 Å². The van der Waals surface area contributed by atoms with E-state index in [-0.39, 0.29) is 5.69 Å². The summed E-state index contributed by atoms with van der Waals surface area (Å²) in [6.45, 7) is 6.91. The lowest BCUT2D eigenvalue weighted by atomic mass is 9.94. The molecule has 204 valence electrons. The van der Waals surface area contributed by atoms with Crippen molar-refractivity contribution >= 4 is 34.5 Å². The number of benzene rings is 2. The van der Waals surface area contributed by atoms with Gasteiger partial charge in [0.2, 0.25) is 5.95 Å². The molecule has 1 amide bonds. The van der Waals surface area contributed by atoms with E-state index >= 15 is 0 Å². The second-order valence-electron chi connectivity index (χ2n) is 8.24. The predicted molar refractivity (Wildman–Crippen MR) is 148 cm³/mol. The fourth-order valence-electron chi connectivity index (χ4n) is 3.57. The third-order valence-electron chi connectivity index (χ3n) is 5.43. The van der Waals surface area contributed by atoms with E-state index in [1.54, 1.807) is 31.5 Å². The van der Waals surface area contributed by atoms with Gasteiger partial charge in [0.1, 0.15) is 12.4 Å². The normalized spacial score (nSPS) is 12.4. The number of halogens is 3. The number of hydrogen-bond acceptors (Lipinski definition) is 7. The Kier molecular flexibility index (Phi) is 9.93. The molecule has 0 bridgehead atoms. The van der Waals surface area contributed by atoms with Gasteiger partial charge < -0.3 is 20.7 Å². The van der Waals surface area contributed by atoms with E-state index in [0.717, 1.165) is 11.3 Å². The van der Waals surface area contributed by atoms with Crippen LogP contribution in [0.2, 0.25) is 0 Å². The summed E-state index contributed by atoms with van der Waals surface area (Å²) in [5, 5.41) is 8.06. The lowest BCUT2D eigenvalue weighted by Crippen LogP contribution is -2.30. The molecule has 3 N–H and O–H groups in total. The molecule has 0 saturated heterocycles. The monoisotopic (exact) mass is 538 g/mol. The van der Waals surface area contributed by atoms with Crippen LogP contribution in [0.4, 0.5) is 30.5 Å². The summed E-state index contributed by atoms with van der Waals surface area (Å²) >= 11 is 0. The van der Waals surface area contributed by atoms with E-state index in [2.05, 4.69) is 32.2 Å². The molecule has 0 unspecified atom stereocenters. The lowest BCUT2D eigenvalue weighted by Gasteiger charge is -2.16. The number of alkyl halides is 3. The number of allylic oxidation sites excluding steroid dienone is 3. The van der Waals surface area contributed by atoms with Crippen LogP contribution in [-0.2, 0) is 4.79 Å². The van der Waals surface area contributed by atoms with Crippen molar-refractivity contribution in [3.05, 3.63) is 90.3 Å². The van der Waals surface area contributed by atoms with Gasteiger partial charge in [-0.1, -0.05) is 30.9 Å². The first kappa shape index (κ1) is 29.1. The number of aromatic nitrogens is 2. The van der Waals surface area contributed by atoms with Crippen molar-refractivity contribution in [1.29, 1.82) is 0 Å². The molecule has 8 nitrogen and oxygen atoms in total. The first-order valence-electron chi connectivity index (χ1n) is 11.9. The molecule has 3 rings (SSSR count). The topological polar surface area (TPSA) is 101 Å². The number of anilines is 3. The van der Waals surface area contributed by atoms with Crippen LogP contribution < -0.4 is 20.7 Å². The maximum atomic E-state index is 12.8. The van der Waals surface area contributed by atoms with Gasteiger partial charge in [0.15, 0.2) is 0 Å². The molecule has 39 heavy (non-hydrogen) atoms. The number of amides is 1. The molecule has 0 aliphatic heterocycles. The number of nitrogens with zero attached hydrogens (tertiary/aromatic N) is 3. The Bertz CT molecular complexity index is 1390. The first-order valence-corrected chi connectivity index (χ1v) is 11.9. The minimum atomic E-state index is -5.01. The number of ether oxygens (including phenoxy) is 1. The number of likely N-dealkylation sites (N-methyl/N-ethyl adjacent to an activating group) is 1. The second-order valence-corrected chi connectivity index (χ2v) is 8.24. The number of nitrogens with one attached hydrogen (secondary N) is 3. The smallest absolute Gasteiger partial charge is 0.471 e. The van der Waals surface area contributed by atoms with E-state index in [4.69, 9.17) is 4.74 Å². The summed E-state index contributed by atoms with van der Waals surface area (Å²) in [6.07, 6.45) is -1.79. The molecule has 0 saturated carbocycles. The quantitative estimate of drug-likeness (QED) is 0.172. The number of hydrogen-bond donors (Lipinski definition) is 3. The Hall–Kier alpha value is -4.51. The van der Waals surface area contributed by atoms with Crippen LogP contribution in [-0.4, -0.2) is 55.0 Å².